The molecule has 1 N–H and O–H groups in total. The van der Waals surface area contributed by atoms with Gasteiger partial charge >= 0.3 is 12.4 Å². The summed E-state index contributed by atoms with van der Waals surface area (Å²) in [4.78, 5) is 45.8. The fraction of sp³-hybridized carbons (Fsp3) is 0.217. The molecule has 12 heteroatoms. The van der Waals surface area contributed by atoms with Crippen molar-refractivity contribution in [2.75, 3.05) is 15.1 Å². The van der Waals surface area contributed by atoms with E-state index in [1.807, 2.05) is 6.92 Å². The largest absolute Gasteiger partial charge is 0.573 e. The quantitative estimate of drug-likeness (QED) is 0.530. The maximum atomic E-state index is 13.6. The average molecular weight is 486 g/mol. The number of carbonyl (C=O) groups is 3. The molecule has 2 atom stereocenters. The molecule has 5 rings (SSSR count). The number of pyridine rings is 1. The van der Waals surface area contributed by atoms with Gasteiger partial charge in [-0.15, -0.1) is 13.2 Å². The van der Waals surface area contributed by atoms with Crippen molar-refractivity contribution in [2.45, 2.75) is 25.2 Å². The normalized spacial score (nSPS) is 21.5. The number of urea groups is 1. The van der Waals surface area contributed by atoms with Crippen LogP contribution in [0.3, 0.4) is 0 Å². The Morgan fingerprint density at radius 3 is 2.51 bits per heavy atom. The van der Waals surface area contributed by atoms with Gasteiger partial charge in [0.25, 0.3) is 11.8 Å². The zero-order chi connectivity index (χ0) is 25.0. The molecule has 9 nitrogen and oxygen atoms in total. The van der Waals surface area contributed by atoms with E-state index in [1.54, 1.807) is 6.07 Å². The van der Waals surface area contributed by atoms with Crippen molar-refractivity contribution < 1.29 is 36.7 Å². The van der Waals surface area contributed by atoms with Crippen LogP contribution in [0.5, 0.6) is 5.75 Å². The van der Waals surface area contributed by atoms with Gasteiger partial charge in [0.05, 0.1) is 29.5 Å². The molecule has 35 heavy (non-hydrogen) atoms. The number of furan rings is 1. The second-order valence-corrected chi connectivity index (χ2v) is 8.15. The maximum absolute atomic E-state index is 13.6. The highest BCUT2D eigenvalue weighted by molar-refractivity contribution is 6.32. The highest BCUT2D eigenvalue weighted by Crippen LogP contribution is 2.56. The number of ether oxygens (including phenoxy) is 1. The lowest BCUT2D eigenvalue weighted by Crippen LogP contribution is -2.39. The number of amides is 4. The van der Waals surface area contributed by atoms with Crippen molar-refractivity contribution >= 4 is 34.9 Å². The molecule has 2 aromatic heterocycles. The second-order valence-electron chi connectivity index (χ2n) is 8.15. The van der Waals surface area contributed by atoms with Crippen LogP contribution in [0.15, 0.2) is 65.5 Å². The molecule has 1 saturated carbocycles. The van der Waals surface area contributed by atoms with E-state index < -0.39 is 35.5 Å². The highest BCUT2D eigenvalue weighted by atomic mass is 19.4. The second kappa shape index (κ2) is 7.86. The lowest BCUT2D eigenvalue weighted by molar-refractivity contribution is -0.274. The van der Waals surface area contributed by atoms with Crippen LogP contribution in [-0.2, 0) is 4.79 Å². The van der Waals surface area contributed by atoms with Gasteiger partial charge in [0.1, 0.15) is 11.3 Å². The summed E-state index contributed by atoms with van der Waals surface area (Å²) in [6.45, 7) is 1.81. The van der Waals surface area contributed by atoms with Gasteiger partial charge < -0.3 is 14.5 Å². The Morgan fingerprint density at radius 1 is 1.20 bits per heavy atom. The number of aromatic nitrogens is 1. The summed E-state index contributed by atoms with van der Waals surface area (Å²) in [7, 11) is 0. The topological polar surface area (TPSA) is 105 Å². The number of hydrogen-bond donors (Lipinski definition) is 1. The van der Waals surface area contributed by atoms with E-state index in [0.717, 1.165) is 17.0 Å². The fourth-order valence-electron chi connectivity index (χ4n) is 4.28. The van der Waals surface area contributed by atoms with E-state index >= 15 is 0 Å². The van der Waals surface area contributed by atoms with Crippen molar-refractivity contribution in [2.24, 2.45) is 5.92 Å². The monoisotopic (exact) mass is 486 g/mol. The first-order valence-corrected chi connectivity index (χ1v) is 10.5. The van der Waals surface area contributed by atoms with Crippen LogP contribution >= 0.6 is 0 Å². The summed E-state index contributed by atoms with van der Waals surface area (Å²) in [5.74, 6) is -1.72. The van der Waals surface area contributed by atoms with Crippen LogP contribution in [0.25, 0.3) is 0 Å². The minimum atomic E-state index is -4.87. The maximum Gasteiger partial charge on any atom is 0.573 e. The van der Waals surface area contributed by atoms with E-state index in [2.05, 4.69) is 15.0 Å². The first kappa shape index (κ1) is 22.4. The van der Waals surface area contributed by atoms with Crippen LogP contribution in [-0.4, -0.2) is 34.7 Å². The predicted molar refractivity (Wildman–Crippen MR) is 116 cm³/mol. The molecule has 1 aliphatic heterocycles. The van der Waals surface area contributed by atoms with E-state index in [-0.39, 0.29) is 28.7 Å². The lowest BCUT2D eigenvalue weighted by atomic mass is 10.1. The first-order valence-electron chi connectivity index (χ1n) is 10.5. The van der Waals surface area contributed by atoms with Crippen molar-refractivity contribution in [3.63, 3.8) is 0 Å². The number of alkyl halides is 3. The first-order chi connectivity index (χ1) is 16.6. The molecule has 0 radical (unpaired) electrons. The Hall–Kier alpha value is -4.35. The molecule has 1 saturated heterocycles. The van der Waals surface area contributed by atoms with Crippen LogP contribution in [0, 0.1) is 5.92 Å². The summed E-state index contributed by atoms with van der Waals surface area (Å²) < 4.78 is 46.4. The van der Waals surface area contributed by atoms with Gasteiger partial charge in [0.15, 0.2) is 5.76 Å². The molecule has 0 bridgehead atoms. The number of hydrogen-bond acceptors (Lipinski definition) is 6. The van der Waals surface area contributed by atoms with Gasteiger partial charge in [-0.1, -0.05) is 6.92 Å². The van der Waals surface area contributed by atoms with Crippen molar-refractivity contribution in [3.8, 4) is 5.75 Å². The third-order valence-electron chi connectivity index (χ3n) is 5.99. The smallest absolute Gasteiger partial charge is 0.459 e. The number of carbonyl (C=O) groups excluding carboxylic acids is 3. The summed E-state index contributed by atoms with van der Waals surface area (Å²) >= 11 is 0. The molecule has 2 fully saturated rings. The van der Waals surface area contributed by atoms with Gasteiger partial charge in [-0.3, -0.25) is 19.5 Å². The van der Waals surface area contributed by atoms with Gasteiger partial charge in [-0.25, -0.2) is 9.69 Å². The van der Waals surface area contributed by atoms with Crippen molar-refractivity contribution in [1.29, 1.82) is 0 Å². The number of nitrogens with one attached hydrogen (secondary N) is 1. The van der Waals surface area contributed by atoms with Crippen molar-refractivity contribution in [1.82, 2.24) is 4.98 Å². The zero-order valence-corrected chi connectivity index (χ0v) is 18.1. The molecule has 2 aliphatic rings. The zero-order valence-electron chi connectivity index (χ0n) is 18.1. The third-order valence-corrected chi connectivity index (χ3v) is 5.99. The molecule has 180 valence electrons. The molecule has 1 aromatic carbocycles. The summed E-state index contributed by atoms with van der Waals surface area (Å²) in [5.41, 5.74) is -0.666. The predicted octanol–water partition coefficient (Wildman–Crippen LogP) is 4.58. The van der Waals surface area contributed by atoms with E-state index in [9.17, 15) is 27.6 Å². The van der Waals surface area contributed by atoms with Crippen molar-refractivity contribution in [3.05, 3.63) is 66.9 Å². The number of imide groups is 1. The SMILES string of the molecule is CC1CC12C(=O)N(c1ccc(OC(F)(F)F)cc1)C(=O)N2c1ccncc1NC(=O)c1ccco1. The lowest BCUT2D eigenvalue weighted by Gasteiger charge is -2.24. The van der Waals surface area contributed by atoms with Gasteiger partial charge in [-0.05, 0) is 54.8 Å². The molecule has 1 spiro atoms. The molecule has 4 amide bonds. The molecule has 3 aromatic rings. The number of rotatable bonds is 5. The van der Waals surface area contributed by atoms with Gasteiger partial charge in [-0.2, -0.15) is 0 Å². The van der Waals surface area contributed by atoms with Crippen LogP contribution in [0.4, 0.5) is 35.0 Å². The molecule has 3 heterocycles. The number of anilines is 3. The van der Waals surface area contributed by atoms with Crippen LogP contribution in [0.1, 0.15) is 23.9 Å². The summed E-state index contributed by atoms with van der Waals surface area (Å²) in [6, 6.07) is 8.26. The molecular weight excluding hydrogens is 469 g/mol. The molecule has 1 aliphatic carbocycles. The van der Waals surface area contributed by atoms with Gasteiger partial charge in [0.2, 0.25) is 0 Å². The number of benzene rings is 1. The van der Waals surface area contributed by atoms with Gasteiger partial charge in [0, 0.05) is 6.20 Å². The average Bonchev–Trinajstić information content (AvgIpc) is 3.14. The summed E-state index contributed by atoms with van der Waals surface area (Å²) in [6.07, 6.45) is -0.394. The third kappa shape index (κ3) is 3.76. The Balaban J connectivity index is 1.49. The Bertz CT molecular complexity index is 1310. The van der Waals surface area contributed by atoms with Crippen LogP contribution in [0.2, 0.25) is 0 Å². The molecular formula is C23H17F3N4O5. The fourth-order valence-corrected chi connectivity index (χ4v) is 4.28. The molecule has 2 unspecified atom stereocenters. The Labute approximate surface area is 196 Å². The minimum absolute atomic E-state index is 0.0425. The van der Waals surface area contributed by atoms with Crippen LogP contribution < -0.4 is 19.9 Å². The highest BCUT2D eigenvalue weighted by Gasteiger charge is 2.70. The standard InChI is InChI=1S/C23H17F3N4O5/c1-13-11-22(13)20(32)29(14-4-6-15(7-5-14)35-23(24,25)26)21(33)30(22)17-8-9-27-12-16(17)28-19(31)18-3-2-10-34-18/h2-10,12-13H,11H2,1H3,(H,28,31). The van der Waals surface area contributed by atoms with E-state index in [1.165, 1.54) is 47.8 Å². The van der Waals surface area contributed by atoms with E-state index in [4.69, 9.17) is 4.42 Å². The number of nitrogens with zero attached hydrogens (tertiary/aromatic N) is 3. The Morgan fingerprint density at radius 2 is 1.91 bits per heavy atom. The van der Waals surface area contributed by atoms with E-state index in [0.29, 0.717) is 6.42 Å². The summed E-state index contributed by atoms with van der Waals surface area (Å²) in [5, 5.41) is 2.65. The minimum Gasteiger partial charge on any atom is -0.459 e. The Kier molecular flexibility index (Phi) is 5.04. The number of halogens is 3.